The molecule has 0 saturated heterocycles. The van der Waals surface area contributed by atoms with Gasteiger partial charge in [-0.1, -0.05) is 15.9 Å². The van der Waals surface area contributed by atoms with Crippen LogP contribution in [0.4, 0.5) is 0 Å². The average Bonchev–Trinajstić information content (AvgIpc) is 2.05. The van der Waals surface area contributed by atoms with E-state index in [-0.39, 0.29) is 5.28 Å². The second-order valence-electron chi connectivity index (χ2n) is 2.34. The van der Waals surface area contributed by atoms with Gasteiger partial charge in [0.1, 0.15) is 0 Å². The molecule has 0 unspecified atom stereocenters. The molecule has 1 aromatic heterocycles. The van der Waals surface area contributed by atoms with Crippen LogP contribution >= 0.6 is 27.5 Å². The molecule has 0 amide bonds. The fraction of sp³-hybridized carbons (Fsp3) is 0. The third-order valence-corrected chi connectivity index (χ3v) is 2.19. The van der Waals surface area contributed by atoms with E-state index in [2.05, 4.69) is 25.9 Å². The van der Waals surface area contributed by atoms with E-state index in [0.717, 1.165) is 15.4 Å². The number of hydrogen-bond donors (Lipinski definition) is 0. The molecule has 2 rings (SSSR count). The molecular formula is C8H4BrClN2. The van der Waals surface area contributed by atoms with E-state index in [0.29, 0.717) is 0 Å². The minimum absolute atomic E-state index is 0.282. The summed E-state index contributed by atoms with van der Waals surface area (Å²) in [6.07, 6.45) is 1.70. The van der Waals surface area contributed by atoms with Gasteiger partial charge in [0.15, 0.2) is 0 Å². The normalized spacial score (nSPS) is 10.5. The van der Waals surface area contributed by atoms with Gasteiger partial charge in [-0.3, -0.25) is 0 Å². The van der Waals surface area contributed by atoms with Crippen molar-refractivity contribution in [1.29, 1.82) is 0 Å². The molecule has 1 aromatic carbocycles. The zero-order chi connectivity index (χ0) is 8.55. The molecule has 0 aliphatic rings. The van der Waals surface area contributed by atoms with Gasteiger partial charge in [0.25, 0.3) is 0 Å². The molecule has 1 heterocycles. The highest BCUT2D eigenvalue weighted by Gasteiger charge is 1.96. The Kier molecular flexibility index (Phi) is 1.98. The Morgan fingerprint density at radius 2 is 2.17 bits per heavy atom. The summed E-state index contributed by atoms with van der Waals surface area (Å²) in [4.78, 5) is 7.93. The molecule has 4 heteroatoms. The molecule has 0 bridgehead atoms. The second kappa shape index (κ2) is 2.99. The van der Waals surface area contributed by atoms with E-state index in [9.17, 15) is 0 Å². The Balaban J connectivity index is 2.79. The average molecular weight is 243 g/mol. The maximum Gasteiger partial charge on any atom is 0.222 e. The molecule has 0 spiro atoms. The fourth-order valence-electron chi connectivity index (χ4n) is 0.982. The molecule has 0 aliphatic carbocycles. The highest BCUT2D eigenvalue weighted by molar-refractivity contribution is 9.10. The van der Waals surface area contributed by atoms with E-state index in [1.165, 1.54) is 0 Å². The lowest BCUT2D eigenvalue weighted by atomic mass is 10.2. The van der Waals surface area contributed by atoms with Crippen LogP contribution in [0.15, 0.2) is 28.9 Å². The number of fused-ring (bicyclic) bond motifs is 1. The number of rotatable bonds is 0. The van der Waals surface area contributed by atoms with Gasteiger partial charge in [-0.15, -0.1) is 0 Å². The van der Waals surface area contributed by atoms with Crippen molar-refractivity contribution in [3.63, 3.8) is 0 Å². The molecule has 0 atom stereocenters. The fourth-order valence-corrected chi connectivity index (χ4v) is 1.50. The molecule has 60 valence electrons. The highest BCUT2D eigenvalue weighted by atomic mass is 79.9. The van der Waals surface area contributed by atoms with Crippen LogP contribution in [-0.4, -0.2) is 9.97 Å². The first-order valence-corrected chi connectivity index (χ1v) is 4.50. The first-order chi connectivity index (χ1) is 5.75. The van der Waals surface area contributed by atoms with E-state index < -0.39 is 0 Å². The Morgan fingerprint density at radius 1 is 1.33 bits per heavy atom. The predicted octanol–water partition coefficient (Wildman–Crippen LogP) is 3.05. The van der Waals surface area contributed by atoms with Crippen LogP contribution in [-0.2, 0) is 0 Å². The van der Waals surface area contributed by atoms with Crippen LogP contribution in [0.3, 0.4) is 0 Å². The van der Waals surface area contributed by atoms with Crippen molar-refractivity contribution in [2.24, 2.45) is 0 Å². The molecule has 0 N–H and O–H groups in total. The summed E-state index contributed by atoms with van der Waals surface area (Å²) in [6, 6.07) is 5.77. The first-order valence-electron chi connectivity index (χ1n) is 3.33. The maximum atomic E-state index is 5.62. The van der Waals surface area contributed by atoms with Gasteiger partial charge in [-0.25, -0.2) is 9.97 Å². The Labute approximate surface area is 82.7 Å². The lowest BCUT2D eigenvalue weighted by Crippen LogP contribution is -1.82. The van der Waals surface area contributed by atoms with Crippen LogP contribution in [0.2, 0.25) is 5.28 Å². The molecular weight excluding hydrogens is 239 g/mol. The van der Waals surface area contributed by atoms with Crippen LogP contribution in [0.5, 0.6) is 0 Å². The van der Waals surface area contributed by atoms with Crippen LogP contribution < -0.4 is 0 Å². The maximum absolute atomic E-state index is 5.62. The topological polar surface area (TPSA) is 25.8 Å². The summed E-state index contributed by atoms with van der Waals surface area (Å²) in [5.74, 6) is 0. The lowest BCUT2D eigenvalue weighted by Gasteiger charge is -1.96. The quantitative estimate of drug-likeness (QED) is 0.665. The van der Waals surface area contributed by atoms with Crippen molar-refractivity contribution in [2.45, 2.75) is 0 Å². The van der Waals surface area contributed by atoms with Crippen molar-refractivity contribution in [1.82, 2.24) is 9.97 Å². The molecule has 0 radical (unpaired) electrons. The van der Waals surface area contributed by atoms with Gasteiger partial charge in [0, 0.05) is 16.1 Å². The minimum atomic E-state index is 0.282. The van der Waals surface area contributed by atoms with E-state index in [1.54, 1.807) is 6.20 Å². The molecule has 2 nitrogen and oxygen atoms in total. The van der Waals surface area contributed by atoms with Gasteiger partial charge in [0.2, 0.25) is 5.28 Å². The smallest absolute Gasteiger partial charge is 0.222 e. The second-order valence-corrected chi connectivity index (χ2v) is 3.60. The van der Waals surface area contributed by atoms with Crippen molar-refractivity contribution < 1.29 is 0 Å². The third-order valence-electron chi connectivity index (χ3n) is 1.51. The molecule has 0 aliphatic heterocycles. The third kappa shape index (κ3) is 1.42. The lowest BCUT2D eigenvalue weighted by molar-refractivity contribution is 1.22. The Hall–Kier alpha value is -0.670. The number of hydrogen-bond acceptors (Lipinski definition) is 2. The standard InChI is InChI=1S/C8H4BrClN2/c9-6-1-2-7-5(3-6)4-11-8(10)12-7/h1-4H. The van der Waals surface area contributed by atoms with Crippen molar-refractivity contribution in [3.8, 4) is 0 Å². The van der Waals surface area contributed by atoms with Crippen LogP contribution in [0, 0.1) is 0 Å². The Bertz CT molecular complexity index is 389. The number of nitrogens with zero attached hydrogens (tertiary/aromatic N) is 2. The van der Waals surface area contributed by atoms with Crippen molar-refractivity contribution in [2.75, 3.05) is 0 Å². The number of benzene rings is 1. The summed E-state index contributed by atoms with van der Waals surface area (Å²) in [7, 11) is 0. The van der Waals surface area contributed by atoms with Gasteiger partial charge < -0.3 is 0 Å². The van der Waals surface area contributed by atoms with E-state index >= 15 is 0 Å². The monoisotopic (exact) mass is 242 g/mol. The SMILES string of the molecule is Clc1ncc2cc(Br)ccc2n1. The first kappa shape index (κ1) is 7.95. The van der Waals surface area contributed by atoms with E-state index in [1.807, 2.05) is 18.2 Å². The summed E-state index contributed by atoms with van der Waals surface area (Å²) in [6.45, 7) is 0. The summed E-state index contributed by atoms with van der Waals surface area (Å²) >= 11 is 8.99. The predicted molar refractivity (Wildman–Crippen MR) is 52.2 cm³/mol. The van der Waals surface area contributed by atoms with Gasteiger partial charge in [0.05, 0.1) is 5.52 Å². The summed E-state index contributed by atoms with van der Waals surface area (Å²) < 4.78 is 1.01. The minimum Gasteiger partial charge on any atom is -0.226 e. The Morgan fingerprint density at radius 3 is 3.00 bits per heavy atom. The highest BCUT2D eigenvalue weighted by Crippen LogP contribution is 2.18. The zero-order valence-electron chi connectivity index (χ0n) is 5.96. The molecule has 0 saturated carbocycles. The van der Waals surface area contributed by atoms with Gasteiger partial charge in [-0.05, 0) is 29.8 Å². The van der Waals surface area contributed by atoms with Crippen LogP contribution in [0.1, 0.15) is 0 Å². The number of halogens is 2. The molecule has 12 heavy (non-hydrogen) atoms. The molecule has 0 fully saturated rings. The summed E-state index contributed by atoms with van der Waals surface area (Å²) in [5.41, 5.74) is 0.859. The van der Waals surface area contributed by atoms with Crippen molar-refractivity contribution in [3.05, 3.63) is 34.2 Å². The molecule has 2 aromatic rings. The van der Waals surface area contributed by atoms with Gasteiger partial charge in [-0.2, -0.15) is 0 Å². The van der Waals surface area contributed by atoms with E-state index in [4.69, 9.17) is 11.6 Å². The van der Waals surface area contributed by atoms with Crippen molar-refractivity contribution >= 4 is 38.4 Å². The van der Waals surface area contributed by atoms with Gasteiger partial charge >= 0.3 is 0 Å². The largest absolute Gasteiger partial charge is 0.226 e. The van der Waals surface area contributed by atoms with Crippen LogP contribution in [0.25, 0.3) is 10.9 Å². The number of aromatic nitrogens is 2. The zero-order valence-corrected chi connectivity index (χ0v) is 8.30. The summed E-state index contributed by atoms with van der Waals surface area (Å²) in [5, 5.41) is 1.26.